The van der Waals surface area contributed by atoms with Crippen LogP contribution in [0.3, 0.4) is 0 Å². The highest BCUT2D eigenvalue weighted by Crippen LogP contribution is 2.68. The second-order valence-electron chi connectivity index (χ2n) is 10.3. The van der Waals surface area contributed by atoms with Gasteiger partial charge in [0.1, 0.15) is 11.0 Å². The van der Waals surface area contributed by atoms with Crippen LogP contribution in [0.25, 0.3) is 0 Å². The van der Waals surface area contributed by atoms with E-state index in [1.165, 1.54) is 0 Å². The van der Waals surface area contributed by atoms with E-state index < -0.39 is 16.9 Å². The van der Waals surface area contributed by atoms with Gasteiger partial charge < -0.3 is 10.6 Å². The summed E-state index contributed by atoms with van der Waals surface area (Å²) in [4.78, 5) is 45.5. The summed E-state index contributed by atoms with van der Waals surface area (Å²) in [6, 6.07) is 22.6. The van der Waals surface area contributed by atoms with Crippen LogP contribution in [0, 0.1) is 5.92 Å². The third-order valence-electron chi connectivity index (χ3n) is 8.94. The van der Waals surface area contributed by atoms with E-state index >= 15 is 0 Å². The summed E-state index contributed by atoms with van der Waals surface area (Å²) in [6.45, 7) is 2.72. The van der Waals surface area contributed by atoms with E-state index in [0.717, 1.165) is 41.6 Å². The number of anilines is 2. The number of carbonyl (C=O) groups is 3. The lowest BCUT2D eigenvalue weighted by Gasteiger charge is -2.43. The minimum atomic E-state index is -1.39. The molecule has 6 heteroatoms. The standard InChI is InChI=1S/C30H27N3O3/c1-2-18-12-8-14-21-25(18)32-28(36)30(21)29(20-13-6-7-15-22(20)31-27(29)35)24(23-16-9-17-33(23)30)26(34)19-10-4-3-5-11-19/h3-8,10-15,23-24H,2,9,16-17H2,1H3,(H,31,35)(H,32,36)/t23-,24-,29+,30+/m0/s1. The fourth-order valence-corrected chi connectivity index (χ4v) is 7.74. The Morgan fingerprint density at radius 2 is 1.67 bits per heavy atom. The van der Waals surface area contributed by atoms with Crippen molar-refractivity contribution in [3.63, 3.8) is 0 Å². The summed E-state index contributed by atoms with van der Waals surface area (Å²) < 4.78 is 0. The fourth-order valence-electron chi connectivity index (χ4n) is 7.74. The summed E-state index contributed by atoms with van der Waals surface area (Å²) in [6.07, 6.45) is 2.39. The van der Waals surface area contributed by atoms with Gasteiger partial charge in [0.15, 0.2) is 5.78 Å². The lowest BCUT2D eigenvalue weighted by atomic mass is 9.57. The van der Waals surface area contributed by atoms with Gasteiger partial charge in [0, 0.05) is 28.5 Å². The van der Waals surface area contributed by atoms with Crippen molar-refractivity contribution in [2.24, 2.45) is 5.92 Å². The van der Waals surface area contributed by atoms with E-state index in [9.17, 15) is 14.4 Å². The zero-order valence-corrected chi connectivity index (χ0v) is 20.1. The molecule has 6 nitrogen and oxygen atoms in total. The van der Waals surface area contributed by atoms with Crippen LogP contribution in [-0.2, 0) is 27.0 Å². The molecule has 4 heterocycles. The summed E-state index contributed by atoms with van der Waals surface area (Å²) in [5, 5.41) is 6.28. The molecule has 36 heavy (non-hydrogen) atoms. The Kier molecular flexibility index (Phi) is 4.40. The van der Waals surface area contributed by atoms with E-state index in [0.29, 0.717) is 17.8 Å². The van der Waals surface area contributed by atoms with Crippen LogP contribution in [0.4, 0.5) is 11.4 Å². The van der Waals surface area contributed by atoms with Gasteiger partial charge in [-0.15, -0.1) is 0 Å². The van der Waals surface area contributed by atoms with Crippen LogP contribution in [0.5, 0.6) is 0 Å². The third kappa shape index (κ3) is 2.29. The molecule has 0 aliphatic carbocycles. The second-order valence-corrected chi connectivity index (χ2v) is 10.3. The van der Waals surface area contributed by atoms with Crippen molar-refractivity contribution in [2.45, 2.75) is 43.2 Å². The van der Waals surface area contributed by atoms with Gasteiger partial charge in [-0.2, -0.15) is 0 Å². The number of nitrogens with one attached hydrogen (secondary N) is 2. The molecule has 180 valence electrons. The Labute approximate surface area is 209 Å². The molecule has 3 aromatic carbocycles. The summed E-state index contributed by atoms with van der Waals surface area (Å²) >= 11 is 0. The number of Topliss-reactive ketones (excluding diaryl/α,β-unsaturated/α-hetero) is 1. The Balaban J connectivity index is 1.60. The first-order valence-corrected chi connectivity index (χ1v) is 12.8. The van der Waals surface area contributed by atoms with Crippen LogP contribution >= 0.6 is 0 Å². The summed E-state index contributed by atoms with van der Waals surface area (Å²) in [5.41, 5.74) is 1.94. The predicted molar refractivity (Wildman–Crippen MR) is 137 cm³/mol. The lowest BCUT2D eigenvalue weighted by Crippen LogP contribution is -2.62. The highest BCUT2D eigenvalue weighted by Gasteiger charge is 2.81. The van der Waals surface area contributed by atoms with Crippen LogP contribution < -0.4 is 10.6 Å². The van der Waals surface area contributed by atoms with E-state index in [1.54, 1.807) is 0 Å². The Hall–Kier alpha value is -3.77. The van der Waals surface area contributed by atoms with Crippen molar-refractivity contribution < 1.29 is 14.4 Å². The predicted octanol–water partition coefficient (Wildman–Crippen LogP) is 4.26. The first-order chi connectivity index (χ1) is 17.6. The van der Waals surface area contributed by atoms with Crippen LogP contribution in [-0.4, -0.2) is 35.1 Å². The average Bonchev–Trinajstić information content (AvgIpc) is 3.62. The largest absolute Gasteiger partial charge is 0.325 e. The van der Waals surface area contributed by atoms with Gasteiger partial charge in [-0.25, -0.2) is 0 Å². The lowest BCUT2D eigenvalue weighted by molar-refractivity contribution is -0.137. The van der Waals surface area contributed by atoms with Crippen molar-refractivity contribution in [1.82, 2.24) is 4.90 Å². The van der Waals surface area contributed by atoms with E-state index in [4.69, 9.17) is 0 Å². The molecule has 4 atom stereocenters. The van der Waals surface area contributed by atoms with Gasteiger partial charge in [0.25, 0.3) is 5.91 Å². The van der Waals surface area contributed by atoms with Gasteiger partial charge in [0.2, 0.25) is 5.91 Å². The maximum Gasteiger partial charge on any atom is 0.251 e. The first kappa shape index (κ1) is 21.5. The van der Waals surface area contributed by atoms with Gasteiger partial charge >= 0.3 is 0 Å². The number of hydrogen-bond acceptors (Lipinski definition) is 4. The summed E-state index contributed by atoms with van der Waals surface area (Å²) in [7, 11) is 0. The highest BCUT2D eigenvalue weighted by atomic mass is 16.2. The molecular weight excluding hydrogens is 450 g/mol. The molecule has 2 amide bonds. The number of carbonyl (C=O) groups excluding carboxylic acids is 3. The third-order valence-corrected chi connectivity index (χ3v) is 8.94. The number of nitrogens with zero attached hydrogens (tertiary/aromatic N) is 1. The maximum atomic E-state index is 14.4. The molecule has 0 radical (unpaired) electrons. The molecular formula is C30H27N3O3. The number of benzene rings is 3. The van der Waals surface area contributed by atoms with Gasteiger partial charge in [0.05, 0.1) is 5.92 Å². The SMILES string of the molecule is CCc1cccc2c1NC(=O)[C@]21N2CCC[C@H]2[C@@H](C(=O)c2ccccc2)[C@]12C(=O)Nc1ccccc12. The fraction of sp³-hybridized carbons (Fsp3) is 0.300. The molecule has 0 bridgehead atoms. The average molecular weight is 478 g/mol. The van der Waals surface area contributed by atoms with Crippen LogP contribution in [0.1, 0.15) is 46.8 Å². The van der Waals surface area contributed by atoms with E-state index in [2.05, 4.69) is 22.5 Å². The number of amides is 2. The summed E-state index contributed by atoms with van der Waals surface area (Å²) in [5.74, 6) is -1.25. The molecule has 0 aromatic heterocycles. The van der Waals surface area contributed by atoms with Gasteiger partial charge in [-0.05, 0) is 43.0 Å². The molecule has 4 aliphatic heterocycles. The normalized spacial score (nSPS) is 29.8. The van der Waals surface area contributed by atoms with E-state index in [-0.39, 0.29) is 23.6 Å². The Bertz CT molecular complexity index is 1450. The van der Waals surface area contributed by atoms with Crippen molar-refractivity contribution in [3.8, 4) is 0 Å². The first-order valence-electron chi connectivity index (χ1n) is 12.8. The Morgan fingerprint density at radius 1 is 0.917 bits per heavy atom. The topological polar surface area (TPSA) is 78.5 Å². The zero-order chi connectivity index (χ0) is 24.7. The molecule has 0 saturated carbocycles. The van der Waals surface area contributed by atoms with Crippen LogP contribution in [0.2, 0.25) is 0 Å². The highest BCUT2D eigenvalue weighted by molar-refractivity contribution is 6.21. The van der Waals surface area contributed by atoms with Crippen molar-refractivity contribution in [3.05, 3.63) is 95.1 Å². The smallest absolute Gasteiger partial charge is 0.251 e. The number of hydrogen-bond donors (Lipinski definition) is 2. The van der Waals surface area contributed by atoms with Gasteiger partial charge in [-0.1, -0.05) is 73.7 Å². The number of para-hydroxylation sites is 2. The molecule has 7 rings (SSSR count). The van der Waals surface area contributed by atoms with Gasteiger partial charge in [-0.3, -0.25) is 19.3 Å². The second kappa shape index (κ2) is 7.37. The molecule has 4 aliphatic rings. The molecule has 3 aromatic rings. The molecule has 0 unspecified atom stereocenters. The number of rotatable bonds is 3. The number of ketones is 1. The number of aryl methyl sites for hydroxylation is 1. The monoisotopic (exact) mass is 477 g/mol. The minimum Gasteiger partial charge on any atom is -0.325 e. The molecule has 2 saturated heterocycles. The zero-order valence-electron chi connectivity index (χ0n) is 20.1. The van der Waals surface area contributed by atoms with Crippen molar-refractivity contribution >= 4 is 29.0 Å². The molecule has 2 spiro atoms. The van der Waals surface area contributed by atoms with Crippen LogP contribution in [0.15, 0.2) is 72.8 Å². The number of fused-ring (bicyclic) bond motifs is 7. The van der Waals surface area contributed by atoms with E-state index in [1.807, 2.05) is 72.8 Å². The molecule has 2 N–H and O–H groups in total. The maximum absolute atomic E-state index is 14.4. The van der Waals surface area contributed by atoms with Crippen molar-refractivity contribution in [2.75, 3.05) is 17.2 Å². The Morgan fingerprint density at radius 3 is 2.47 bits per heavy atom. The van der Waals surface area contributed by atoms with Crippen molar-refractivity contribution in [1.29, 1.82) is 0 Å². The minimum absolute atomic E-state index is 0.0795. The molecule has 2 fully saturated rings. The quantitative estimate of drug-likeness (QED) is 0.553.